The molecule has 1 saturated carbocycles. The monoisotopic (exact) mass is 398 g/mol. The summed E-state index contributed by atoms with van der Waals surface area (Å²) in [4.78, 5) is 12.6. The number of rotatable bonds is 3. The Morgan fingerprint density at radius 2 is 1.87 bits per heavy atom. The zero-order chi connectivity index (χ0) is 20.7. The molecule has 1 aliphatic carbocycles. The molecular formula is C25H23FN4. The molecule has 5 heteroatoms. The fourth-order valence-electron chi connectivity index (χ4n) is 4.96. The van der Waals surface area contributed by atoms with Crippen molar-refractivity contribution < 1.29 is 4.39 Å². The lowest BCUT2D eigenvalue weighted by Crippen LogP contribution is -2.19. The zero-order valence-electron chi connectivity index (χ0n) is 16.9. The van der Waals surface area contributed by atoms with Crippen molar-refractivity contribution in [1.29, 1.82) is 5.26 Å². The van der Waals surface area contributed by atoms with Gasteiger partial charge in [-0.25, -0.2) is 9.37 Å². The van der Waals surface area contributed by atoms with Crippen molar-refractivity contribution in [2.24, 2.45) is 5.92 Å². The fraction of sp³-hybridized carbons (Fsp3) is 0.320. The molecule has 0 aliphatic heterocycles. The van der Waals surface area contributed by atoms with Gasteiger partial charge in [-0.15, -0.1) is 0 Å². The third kappa shape index (κ3) is 3.33. The molecule has 2 aromatic heterocycles. The molecule has 1 N–H and O–H groups in total. The first-order valence-electron chi connectivity index (χ1n) is 10.6. The number of hydrogen-bond acceptors (Lipinski definition) is 3. The second-order valence-corrected chi connectivity index (χ2v) is 8.43. The molecule has 1 fully saturated rings. The third-order valence-electron chi connectivity index (χ3n) is 6.72. The average molecular weight is 398 g/mol. The smallest absolute Gasteiger partial charge is 0.123 e. The van der Waals surface area contributed by atoms with E-state index < -0.39 is 0 Å². The number of fused-ring (bicyclic) bond motifs is 2. The van der Waals surface area contributed by atoms with Crippen molar-refractivity contribution in [2.75, 3.05) is 0 Å². The highest BCUT2D eigenvalue weighted by molar-refractivity contribution is 5.82. The van der Waals surface area contributed by atoms with Crippen molar-refractivity contribution in [3.63, 3.8) is 0 Å². The van der Waals surface area contributed by atoms with E-state index in [9.17, 15) is 4.39 Å². The molecule has 4 nitrogen and oxygen atoms in total. The second kappa shape index (κ2) is 7.53. The highest BCUT2D eigenvalue weighted by Crippen LogP contribution is 2.42. The van der Waals surface area contributed by atoms with Crippen LogP contribution in [0.4, 0.5) is 4.39 Å². The maximum atomic E-state index is 13.8. The molecule has 0 saturated heterocycles. The number of imidazole rings is 1. The molecule has 0 spiro atoms. The van der Waals surface area contributed by atoms with Crippen LogP contribution >= 0.6 is 0 Å². The summed E-state index contributed by atoms with van der Waals surface area (Å²) in [5, 5.41) is 10.1. The molecule has 0 unspecified atom stereocenters. The summed E-state index contributed by atoms with van der Waals surface area (Å²) in [5.74, 6) is 2.12. The van der Waals surface area contributed by atoms with E-state index in [4.69, 9.17) is 10.2 Å². The predicted molar refractivity (Wildman–Crippen MR) is 116 cm³/mol. The number of H-pyrrole nitrogens is 1. The highest BCUT2D eigenvalue weighted by Gasteiger charge is 2.29. The number of nitrogens with zero attached hydrogens (tertiary/aromatic N) is 3. The van der Waals surface area contributed by atoms with Gasteiger partial charge in [-0.2, -0.15) is 5.26 Å². The number of hydrogen-bond donors (Lipinski definition) is 1. The molecule has 5 rings (SSSR count). The number of nitriles is 1. The fourth-order valence-corrected chi connectivity index (χ4v) is 4.96. The molecule has 4 aromatic rings. The first-order valence-corrected chi connectivity index (χ1v) is 10.6. The molecule has 1 atom stereocenters. The number of pyridine rings is 1. The van der Waals surface area contributed by atoms with Crippen molar-refractivity contribution in [3.05, 3.63) is 71.4 Å². The molecule has 2 aromatic carbocycles. The van der Waals surface area contributed by atoms with Crippen LogP contribution in [0.2, 0.25) is 0 Å². The maximum absolute atomic E-state index is 13.8. The lowest BCUT2D eigenvalue weighted by atomic mass is 9.73. The van der Waals surface area contributed by atoms with Gasteiger partial charge in [-0.3, -0.25) is 4.98 Å². The summed E-state index contributed by atoms with van der Waals surface area (Å²) >= 11 is 0. The van der Waals surface area contributed by atoms with Gasteiger partial charge in [0.05, 0.1) is 28.2 Å². The topological polar surface area (TPSA) is 65.4 Å². The van der Waals surface area contributed by atoms with Crippen LogP contribution in [-0.2, 0) is 0 Å². The van der Waals surface area contributed by atoms with Crippen molar-refractivity contribution in [2.45, 2.75) is 44.4 Å². The number of benzene rings is 2. The number of nitrogens with one attached hydrogen (secondary N) is 1. The Kier molecular flexibility index (Phi) is 4.71. The van der Waals surface area contributed by atoms with Crippen molar-refractivity contribution in [3.8, 4) is 6.07 Å². The van der Waals surface area contributed by atoms with E-state index in [0.29, 0.717) is 23.3 Å². The van der Waals surface area contributed by atoms with E-state index in [-0.39, 0.29) is 5.82 Å². The number of aromatic amines is 1. The molecule has 2 heterocycles. The minimum atomic E-state index is -0.205. The molecular weight excluding hydrogens is 375 g/mol. The van der Waals surface area contributed by atoms with Gasteiger partial charge in [0.15, 0.2) is 0 Å². The summed E-state index contributed by atoms with van der Waals surface area (Å²) in [5.41, 5.74) is 4.57. The molecule has 150 valence electrons. The first-order chi connectivity index (χ1) is 14.6. The van der Waals surface area contributed by atoms with Crippen molar-refractivity contribution >= 4 is 21.9 Å². The summed E-state index contributed by atoms with van der Waals surface area (Å²) in [6, 6.07) is 14.7. The minimum absolute atomic E-state index is 0.205. The van der Waals surface area contributed by atoms with E-state index in [1.165, 1.54) is 11.6 Å². The summed E-state index contributed by atoms with van der Waals surface area (Å²) in [6.07, 6.45) is 6.25. The Bertz CT molecular complexity index is 1260. The predicted octanol–water partition coefficient (Wildman–Crippen LogP) is 6.20. The van der Waals surface area contributed by atoms with Gasteiger partial charge in [0.2, 0.25) is 0 Å². The van der Waals surface area contributed by atoms with Crippen LogP contribution in [0.15, 0.2) is 48.7 Å². The van der Waals surface area contributed by atoms with Gasteiger partial charge in [0.1, 0.15) is 11.6 Å². The van der Waals surface area contributed by atoms with Crippen LogP contribution in [0.25, 0.3) is 21.9 Å². The van der Waals surface area contributed by atoms with Crippen LogP contribution < -0.4 is 0 Å². The lowest BCUT2D eigenvalue weighted by Gasteiger charge is -2.32. The van der Waals surface area contributed by atoms with E-state index in [0.717, 1.165) is 53.4 Å². The Labute approximate surface area is 174 Å². The highest BCUT2D eigenvalue weighted by atomic mass is 19.1. The van der Waals surface area contributed by atoms with Crippen LogP contribution in [-0.4, -0.2) is 15.0 Å². The standard InChI is InChI=1S/C25H23FN4/c1-15(25-29-23-8-2-16(14-27)12-24(23)30-25)17-3-5-18(6-4-17)20-10-11-28-22-9-7-19(26)13-21(20)22/h2,7-13,15,17-18H,3-6H2,1H3,(H,29,30)/t15-,17?,18?/m0/s1. The van der Waals surface area contributed by atoms with E-state index >= 15 is 0 Å². The average Bonchev–Trinajstić information content (AvgIpc) is 3.21. The number of aromatic nitrogens is 3. The van der Waals surface area contributed by atoms with Gasteiger partial charge < -0.3 is 4.98 Å². The van der Waals surface area contributed by atoms with Gasteiger partial charge >= 0.3 is 0 Å². The minimum Gasteiger partial charge on any atom is -0.342 e. The Morgan fingerprint density at radius 3 is 2.67 bits per heavy atom. The van der Waals surface area contributed by atoms with Crippen LogP contribution in [0.5, 0.6) is 0 Å². The summed E-state index contributed by atoms with van der Waals surface area (Å²) < 4.78 is 13.8. The normalized spacial score (nSPS) is 20.3. The third-order valence-corrected chi connectivity index (χ3v) is 6.72. The van der Waals surface area contributed by atoms with E-state index in [1.54, 1.807) is 12.1 Å². The maximum Gasteiger partial charge on any atom is 0.123 e. The lowest BCUT2D eigenvalue weighted by molar-refractivity contribution is 0.286. The molecule has 30 heavy (non-hydrogen) atoms. The SMILES string of the molecule is C[C@H](c1nc2ccc(C#N)cc2[nH]1)C1CCC(c2ccnc3ccc(F)cc23)CC1. The molecule has 0 radical (unpaired) electrons. The summed E-state index contributed by atoms with van der Waals surface area (Å²) in [7, 11) is 0. The van der Waals surface area contributed by atoms with Gasteiger partial charge in [-0.05, 0) is 85.5 Å². The van der Waals surface area contributed by atoms with E-state index in [2.05, 4.69) is 29.0 Å². The van der Waals surface area contributed by atoms with E-state index in [1.807, 2.05) is 24.4 Å². The van der Waals surface area contributed by atoms with Gasteiger partial charge in [0.25, 0.3) is 0 Å². The first kappa shape index (κ1) is 18.7. The van der Waals surface area contributed by atoms with Gasteiger partial charge in [0, 0.05) is 17.5 Å². The number of halogens is 1. The van der Waals surface area contributed by atoms with Crippen molar-refractivity contribution in [1.82, 2.24) is 15.0 Å². The Morgan fingerprint density at radius 1 is 1.07 bits per heavy atom. The van der Waals surface area contributed by atoms with Gasteiger partial charge in [-0.1, -0.05) is 6.92 Å². The Hall–Kier alpha value is -3.26. The largest absolute Gasteiger partial charge is 0.342 e. The van der Waals surface area contributed by atoms with Crippen LogP contribution in [0.1, 0.15) is 61.4 Å². The second-order valence-electron chi connectivity index (χ2n) is 8.43. The van der Waals surface area contributed by atoms with Crippen LogP contribution in [0.3, 0.4) is 0 Å². The molecule has 0 amide bonds. The zero-order valence-corrected chi connectivity index (χ0v) is 16.9. The quantitative estimate of drug-likeness (QED) is 0.447. The molecule has 0 bridgehead atoms. The Balaban J connectivity index is 1.34. The molecule has 1 aliphatic rings. The van der Waals surface area contributed by atoms with Crippen LogP contribution in [0, 0.1) is 23.1 Å². The summed E-state index contributed by atoms with van der Waals surface area (Å²) in [6.45, 7) is 2.24.